The summed E-state index contributed by atoms with van der Waals surface area (Å²) in [6.07, 6.45) is 13.5. The van der Waals surface area contributed by atoms with Crippen molar-refractivity contribution in [1.82, 2.24) is 15.5 Å². The van der Waals surface area contributed by atoms with Crippen molar-refractivity contribution in [2.75, 3.05) is 20.3 Å². The summed E-state index contributed by atoms with van der Waals surface area (Å²) in [5, 5.41) is 6.49. The van der Waals surface area contributed by atoms with Crippen molar-refractivity contribution in [2.24, 2.45) is 17.8 Å². The van der Waals surface area contributed by atoms with E-state index < -0.39 is 29.1 Å². The van der Waals surface area contributed by atoms with Gasteiger partial charge in [-0.1, -0.05) is 51.2 Å². The van der Waals surface area contributed by atoms with Crippen LogP contribution in [0.25, 0.3) is 0 Å². The first-order valence-electron chi connectivity index (χ1n) is 13.6. The highest BCUT2D eigenvalue weighted by Gasteiger charge is 2.76. The highest BCUT2D eigenvalue weighted by molar-refractivity contribution is 6.00. The molecule has 0 aromatic rings. The second-order valence-electron chi connectivity index (χ2n) is 11.6. The normalized spacial score (nSPS) is 40.7. The lowest BCUT2D eigenvalue weighted by Crippen LogP contribution is -2.57. The average Bonchev–Trinajstić information content (AvgIpc) is 3.40. The molecule has 3 aliphatic heterocycles. The van der Waals surface area contributed by atoms with Crippen LogP contribution in [-0.2, 0) is 23.9 Å². The Hall–Kier alpha value is -1.93. The lowest BCUT2D eigenvalue weighted by Gasteiger charge is -2.35. The Bertz CT molecular complexity index is 886. The number of carbonyl (C=O) groups is 3. The van der Waals surface area contributed by atoms with E-state index in [2.05, 4.69) is 17.6 Å². The number of nitrogens with one attached hydrogen (secondary N) is 2. The Labute approximate surface area is 208 Å². The van der Waals surface area contributed by atoms with Crippen LogP contribution in [0.4, 0.5) is 0 Å². The molecular weight excluding hydrogens is 446 g/mol. The SMILES string of the molecule is COCCN1C(=O)[C@H]2[C@@H](C(=O)N[C@@H]3CCCC[C@H]3C)[C@]3(C)C=C[C@]2(O3)[C@H]1C(=O)NC1CCCCC1. The highest BCUT2D eigenvalue weighted by atomic mass is 16.5. The zero-order valence-corrected chi connectivity index (χ0v) is 21.4. The first-order valence-corrected chi connectivity index (χ1v) is 13.6. The minimum atomic E-state index is -1.13. The molecule has 2 N–H and O–H groups in total. The van der Waals surface area contributed by atoms with Crippen LogP contribution in [0.5, 0.6) is 0 Å². The van der Waals surface area contributed by atoms with Crippen LogP contribution in [0.2, 0.25) is 0 Å². The van der Waals surface area contributed by atoms with Crippen molar-refractivity contribution >= 4 is 17.7 Å². The number of ether oxygens (including phenoxy) is 2. The molecule has 0 radical (unpaired) electrons. The van der Waals surface area contributed by atoms with Crippen molar-refractivity contribution in [3.8, 4) is 0 Å². The molecule has 2 bridgehead atoms. The molecule has 0 unspecified atom stereocenters. The van der Waals surface area contributed by atoms with Crippen LogP contribution in [0.3, 0.4) is 0 Å². The fraction of sp³-hybridized carbons (Fsp3) is 0.815. The van der Waals surface area contributed by atoms with Gasteiger partial charge in [0.1, 0.15) is 11.6 Å². The van der Waals surface area contributed by atoms with Crippen molar-refractivity contribution in [3.63, 3.8) is 0 Å². The molecule has 2 saturated carbocycles. The maximum atomic E-state index is 13.9. The van der Waals surface area contributed by atoms with Gasteiger partial charge in [0, 0.05) is 25.7 Å². The van der Waals surface area contributed by atoms with E-state index in [4.69, 9.17) is 9.47 Å². The second-order valence-corrected chi connectivity index (χ2v) is 11.6. The maximum absolute atomic E-state index is 13.9. The summed E-state index contributed by atoms with van der Waals surface area (Å²) in [6, 6.07) is -0.567. The summed E-state index contributed by atoms with van der Waals surface area (Å²) in [5.41, 5.74) is -2.03. The molecule has 2 saturated heterocycles. The third-order valence-corrected chi connectivity index (χ3v) is 9.25. The van der Waals surface area contributed by atoms with Gasteiger partial charge in [-0.05, 0) is 38.5 Å². The van der Waals surface area contributed by atoms with Crippen molar-refractivity contribution in [1.29, 1.82) is 0 Å². The molecule has 0 aromatic heterocycles. The predicted octanol–water partition coefficient (Wildman–Crippen LogP) is 2.32. The molecule has 3 amide bonds. The average molecular weight is 488 g/mol. The molecule has 8 nitrogen and oxygen atoms in total. The molecule has 194 valence electrons. The number of hydrogen-bond donors (Lipinski definition) is 2. The number of methoxy groups -OCH3 is 1. The molecule has 35 heavy (non-hydrogen) atoms. The van der Waals surface area contributed by atoms with E-state index in [1.807, 2.05) is 19.1 Å². The Balaban J connectivity index is 1.43. The zero-order chi connectivity index (χ0) is 24.8. The molecule has 3 heterocycles. The smallest absolute Gasteiger partial charge is 0.246 e. The molecule has 5 aliphatic rings. The number of hydrogen-bond acceptors (Lipinski definition) is 5. The van der Waals surface area contributed by atoms with Gasteiger partial charge >= 0.3 is 0 Å². The van der Waals surface area contributed by atoms with E-state index >= 15 is 0 Å². The van der Waals surface area contributed by atoms with Gasteiger partial charge in [-0.3, -0.25) is 14.4 Å². The van der Waals surface area contributed by atoms with E-state index in [9.17, 15) is 14.4 Å². The van der Waals surface area contributed by atoms with Crippen molar-refractivity contribution in [3.05, 3.63) is 12.2 Å². The fourth-order valence-corrected chi connectivity index (χ4v) is 7.39. The molecule has 0 aromatic carbocycles. The van der Waals surface area contributed by atoms with Gasteiger partial charge in [0.05, 0.1) is 24.0 Å². The quantitative estimate of drug-likeness (QED) is 0.537. The van der Waals surface area contributed by atoms with E-state index in [0.29, 0.717) is 12.5 Å². The van der Waals surface area contributed by atoms with Gasteiger partial charge < -0.3 is 25.0 Å². The minimum Gasteiger partial charge on any atom is -0.383 e. The second kappa shape index (κ2) is 9.51. The van der Waals surface area contributed by atoms with Gasteiger partial charge in [-0.2, -0.15) is 0 Å². The molecular formula is C27H41N3O5. The third kappa shape index (κ3) is 4.10. The monoisotopic (exact) mass is 487 g/mol. The summed E-state index contributed by atoms with van der Waals surface area (Å²) >= 11 is 0. The van der Waals surface area contributed by atoms with Crippen LogP contribution in [0.15, 0.2) is 12.2 Å². The Morgan fingerprint density at radius 1 is 1.06 bits per heavy atom. The lowest BCUT2D eigenvalue weighted by atomic mass is 9.70. The summed E-state index contributed by atoms with van der Waals surface area (Å²) in [4.78, 5) is 43.0. The van der Waals surface area contributed by atoms with E-state index in [0.717, 1.165) is 44.9 Å². The van der Waals surface area contributed by atoms with Crippen LogP contribution < -0.4 is 10.6 Å². The number of likely N-dealkylation sites (tertiary alicyclic amines) is 1. The number of fused-ring (bicyclic) bond motifs is 1. The number of carbonyl (C=O) groups excluding carboxylic acids is 3. The van der Waals surface area contributed by atoms with Gasteiger partial charge in [0.2, 0.25) is 17.7 Å². The van der Waals surface area contributed by atoms with Gasteiger partial charge in [0.25, 0.3) is 0 Å². The number of nitrogens with zero attached hydrogens (tertiary/aromatic N) is 1. The topological polar surface area (TPSA) is 97.0 Å². The summed E-state index contributed by atoms with van der Waals surface area (Å²) < 4.78 is 11.9. The van der Waals surface area contributed by atoms with E-state index in [-0.39, 0.29) is 36.3 Å². The molecule has 5 rings (SSSR count). The Kier molecular flexibility index (Phi) is 6.72. The molecule has 7 atom stereocenters. The summed E-state index contributed by atoms with van der Waals surface area (Å²) in [7, 11) is 1.58. The molecule has 2 aliphatic carbocycles. The number of amides is 3. The first kappa shape index (κ1) is 24.8. The molecule has 4 fully saturated rings. The Morgan fingerprint density at radius 3 is 2.49 bits per heavy atom. The van der Waals surface area contributed by atoms with Crippen molar-refractivity contribution < 1.29 is 23.9 Å². The summed E-state index contributed by atoms with van der Waals surface area (Å²) in [5.74, 6) is -1.45. The van der Waals surface area contributed by atoms with Crippen LogP contribution >= 0.6 is 0 Å². The van der Waals surface area contributed by atoms with Crippen LogP contribution in [-0.4, -0.2) is 72.2 Å². The molecule has 1 spiro atoms. The van der Waals surface area contributed by atoms with Crippen LogP contribution in [0, 0.1) is 17.8 Å². The largest absolute Gasteiger partial charge is 0.383 e. The summed E-state index contributed by atoms with van der Waals surface area (Å²) in [6.45, 7) is 4.68. The predicted molar refractivity (Wildman–Crippen MR) is 130 cm³/mol. The number of rotatable bonds is 7. The Morgan fingerprint density at radius 2 is 1.77 bits per heavy atom. The maximum Gasteiger partial charge on any atom is 0.246 e. The van der Waals surface area contributed by atoms with Gasteiger partial charge in [-0.25, -0.2) is 0 Å². The highest BCUT2D eigenvalue weighted by Crippen LogP contribution is 2.59. The van der Waals surface area contributed by atoms with Gasteiger partial charge in [0.15, 0.2) is 0 Å². The first-order chi connectivity index (χ1) is 16.8. The lowest BCUT2D eigenvalue weighted by molar-refractivity contribution is -0.146. The zero-order valence-electron chi connectivity index (χ0n) is 21.4. The fourth-order valence-electron chi connectivity index (χ4n) is 7.39. The standard InChI is InChI=1S/C27H41N3O5/c1-17-9-7-8-12-19(17)29-23(31)20-21-25(33)30(15-16-34-3)22(27(21)14-13-26(20,2)35-27)24(32)28-18-10-5-4-6-11-18/h13-14,17-22H,4-12,15-16H2,1-3H3,(H,28,32)(H,29,31)/t17-,19-,20+,21-,22-,26+,27-/m1/s1. The van der Waals surface area contributed by atoms with Crippen molar-refractivity contribution in [2.45, 2.75) is 101 Å². The minimum absolute atomic E-state index is 0.116. The van der Waals surface area contributed by atoms with E-state index in [1.165, 1.54) is 12.8 Å². The van der Waals surface area contributed by atoms with Gasteiger partial charge in [-0.15, -0.1) is 0 Å². The third-order valence-electron chi connectivity index (χ3n) is 9.25. The van der Waals surface area contributed by atoms with E-state index in [1.54, 1.807) is 12.0 Å². The molecule has 8 heteroatoms. The van der Waals surface area contributed by atoms with Crippen LogP contribution in [0.1, 0.15) is 71.6 Å².